The number of benzene rings is 1. The normalized spacial score (nSPS) is 10.1. The number of carbonyl (C=O) groups is 2. The minimum absolute atomic E-state index is 0.0233. The maximum atomic E-state index is 10.7. The first-order valence-electron chi connectivity index (χ1n) is 5.30. The maximum Gasteiger partial charge on any atom is 0.155 e. The van der Waals surface area contributed by atoms with Crippen molar-refractivity contribution in [1.29, 1.82) is 0 Å². The van der Waals surface area contributed by atoms with Crippen LogP contribution >= 0.6 is 0 Å². The van der Waals surface area contributed by atoms with Gasteiger partial charge in [0.15, 0.2) is 5.76 Å². The Morgan fingerprint density at radius 1 is 1.05 bits per heavy atom. The molecule has 0 spiro atoms. The molecule has 6 heteroatoms. The quantitative estimate of drug-likeness (QED) is 0.723. The number of ether oxygens (including phenoxy) is 1. The lowest BCUT2D eigenvalue weighted by atomic mass is 10.2. The van der Waals surface area contributed by atoms with Gasteiger partial charge < -0.3 is 29.0 Å². The van der Waals surface area contributed by atoms with E-state index in [0.29, 0.717) is 11.3 Å². The molecular formula is C13H8O6-2. The Morgan fingerprint density at radius 3 is 2.32 bits per heavy atom. The maximum absolute atomic E-state index is 10.7. The molecule has 98 valence electrons. The summed E-state index contributed by atoms with van der Waals surface area (Å²) in [5, 5.41) is 21.2. The number of furan rings is 1. The first-order valence-corrected chi connectivity index (χ1v) is 5.30. The van der Waals surface area contributed by atoms with Crippen molar-refractivity contribution in [2.45, 2.75) is 6.61 Å². The van der Waals surface area contributed by atoms with Crippen LogP contribution in [0.25, 0.3) is 0 Å². The molecule has 0 unspecified atom stereocenters. The van der Waals surface area contributed by atoms with Gasteiger partial charge >= 0.3 is 0 Å². The molecule has 0 aliphatic rings. The van der Waals surface area contributed by atoms with Crippen LogP contribution in [0, 0.1) is 0 Å². The van der Waals surface area contributed by atoms with Crippen molar-refractivity contribution in [3.63, 3.8) is 0 Å². The molecule has 6 nitrogen and oxygen atoms in total. The van der Waals surface area contributed by atoms with Gasteiger partial charge in [-0.25, -0.2) is 0 Å². The molecule has 0 radical (unpaired) electrons. The minimum atomic E-state index is -1.42. The van der Waals surface area contributed by atoms with Gasteiger partial charge in [0.25, 0.3) is 0 Å². The van der Waals surface area contributed by atoms with Gasteiger partial charge in [-0.05, 0) is 35.9 Å². The SMILES string of the molecule is O=C([O-])c1ccc(OCc2ccoc2C(=O)[O-])cc1. The molecule has 1 aromatic carbocycles. The molecule has 0 amide bonds. The van der Waals surface area contributed by atoms with Crippen molar-refractivity contribution in [2.75, 3.05) is 0 Å². The molecule has 0 fully saturated rings. The predicted molar refractivity (Wildman–Crippen MR) is 58.1 cm³/mol. The van der Waals surface area contributed by atoms with Crippen LogP contribution in [-0.2, 0) is 6.61 Å². The van der Waals surface area contributed by atoms with Gasteiger partial charge in [0.05, 0.1) is 12.2 Å². The smallest absolute Gasteiger partial charge is 0.155 e. The highest BCUT2D eigenvalue weighted by molar-refractivity contribution is 5.85. The van der Waals surface area contributed by atoms with Gasteiger partial charge in [0, 0.05) is 5.56 Å². The van der Waals surface area contributed by atoms with Gasteiger partial charge in [-0.1, -0.05) is 0 Å². The molecule has 0 aliphatic carbocycles. The van der Waals surface area contributed by atoms with Gasteiger partial charge in [0.2, 0.25) is 0 Å². The summed E-state index contributed by atoms with van der Waals surface area (Å²) in [6, 6.07) is 7.02. The molecule has 0 N–H and O–H groups in total. The zero-order valence-corrected chi connectivity index (χ0v) is 9.62. The van der Waals surface area contributed by atoms with Crippen LogP contribution < -0.4 is 14.9 Å². The van der Waals surface area contributed by atoms with Crippen molar-refractivity contribution in [3.05, 3.63) is 53.5 Å². The molecule has 0 saturated heterocycles. The van der Waals surface area contributed by atoms with Crippen LogP contribution in [-0.4, -0.2) is 11.9 Å². The molecule has 0 saturated carbocycles. The Bertz CT molecular complexity index is 596. The van der Waals surface area contributed by atoms with Crippen molar-refractivity contribution in [3.8, 4) is 5.75 Å². The lowest BCUT2D eigenvalue weighted by molar-refractivity contribution is -0.257. The predicted octanol–water partition coefficient (Wildman–Crippen LogP) is -0.414. The third-order valence-electron chi connectivity index (χ3n) is 2.42. The summed E-state index contributed by atoms with van der Waals surface area (Å²) in [4.78, 5) is 21.2. The molecule has 1 aromatic heterocycles. The van der Waals surface area contributed by atoms with E-state index >= 15 is 0 Å². The first-order chi connectivity index (χ1) is 9.08. The van der Waals surface area contributed by atoms with Crippen LogP contribution in [0.5, 0.6) is 5.75 Å². The summed E-state index contributed by atoms with van der Waals surface area (Å²) in [5.74, 6) is -2.58. The number of aromatic carboxylic acids is 2. The largest absolute Gasteiger partial charge is 0.545 e. The summed E-state index contributed by atoms with van der Waals surface area (Å²) in [5.41, 5.74) is 0.370. The summed E-state index contributed by atoms with van der Waals surface area (Å²) in [6.07, 6.45) is 1.23. The Kier molecular flexibility index (Phi) is 3.51. The van der Waals surface area contributed by atoms with E-state index in [2.05, 4.69) is 0 Å². The molecule has 0 atom stereocenters. The van der Waals surface area contributed by atoms with Crippen LogP contribution in [0.3, 0.4) is 0 Å². The van der Waals surface area contributed by atoms with Crippen LogP contribution in [0.2, 0.25) is 0 Å². The second kappa shape index (κ2) is 5.26. The topological polar surface area (TPSA) is 103 Å². The van der Waals surface area contributed by atoms with E-state index in [4.69, 9.17) is 9.15 Å². The van der Waals surface area contributed by atoms with Crippen molar-refractivity contribution < 1.29 is 29.0 Å². The highest BCUT2D eigenvalue weighted by Gasteiger charge is 2.08. The second-order valence-corrected chi connectivity index (χ2v) is 3.66. The zero-order valence-electron chi connectivity index (χ0n) is 9.62. The summed E-state index contributed by atoms with van der Waals surface area (Å²) < 4.78 is 10.0. The highest BCUT2D eigenvalue weighted by Crippen LogP contribution is 2.16. The molecule has 2 aromatic rings. The van der Waals surface area contributed by atoms with Gasteiger partial charge in [0.1, 0.15) is 18.3 Å². The Labute approximate surface area is 107 Å². The molecule has 0 bridgehead atoms. The van der Waals surface area contributed by atoms with E-state index in [0.717, 1.165) is 0 Å². The van der Waals surface area contributed by atoms with Crippen molar-refractivity contribution in [1.82, 2.24) is 0 Å². The van der Waals surface area contributed by atoms with Gasteiger partial charge in [-0.3, -0.25) is 0 Å². The van der Waals surface area contributed by atoms with E-state index in [1.54, 1.807) is 0 Å². The van der Waals surface area contributed by atoms with Crippen molar-refractivity contribution >= 4 is 11.9 Å². The van der Waals surface area contributed by atoms with Crippen molar-refractivity contribution in [2.24, 2.45) is 0 Å². The van der Waals surface area contributed by atoms with Crippen LogP contribution in [0.15, 0.2) is 41.0 Å². The number of hydrogen-bond donors (Lipinski definition) is 0. The summed E-state index contributed by atoms with van der Waals surface area (Å²) in [7, 11) is 0. The van der Waals surface area contributed by atoms with E-state index in [-0.39, 0.29) is 17.9 Å². The lowest BCUT2D eigenvalue weighted by Crippen LogP contribution is -2.23. The molecule has 0 aliphatic heterocycles. The Balaban J connectivity index is 2.04. The number of carbonyl (C=O) groups excluding carboxylic acids is 2. The number of carboxylic acids is 2. The number of rotatable bonds is 5. The van der Waals surface area contributed by atoms with E-state index in [1.807, 2.05) is 0 Å². The van der Waals surface area contributed by atoms with Crippen LogP contribution in [0.1, 0.15) is 26.5 Å². The lowest BCUT2D eigenvalue weighted by Gasteiger charge is -2.08. The Morgan fingerprint density at radius 2 is 1.74 bits per heavy atom. The zero-order chi connectivity index (χ0) is 13.8. The fraction of sp³-hybridized carbons (Fsp3) is 0.0769. The monoisotopic (exact) mass is 260 g/mol. The number of carboxylic acid groups (broad SMARTS) is 2. The first kappa shape index (κ1) is 12.7. The van der Waals surface area contributed by atoms with Gasteiger partial charge in [-0.15, -0.1) is 0 Å². The van der Waals surface area contributed by atoms with E-state index < -0.39 is 11.9 Å². The fourth-order valence-electron chi connectivity index (χ4n) is 1.48. The fourth-order valence-corrected chi connectivity index (χ4v) is 1.48. The standard InChI is InChI=1S/C13H10O6/c14-12(15)8-1-3-10(4-2-8)19-7-9-5-6-18-11(9)13(16)17/h1-6H,7H2,(H,14,15)(H,16,17)/p-2. The molecular weight excluding hydrogens is 252 g/mol. The van der Waals surface area contributed by atoms with Crippen LogP contribution in [0.4, 0.5) is 0 Å². The van der Waals surface area contributed by atoms with Gasteiger partial charge in [-0.2, -0.15) is 0 Å². The molecule has 1 heterocycles. The highest BCUT2D eigenvalue weighted by atomic mass is 16.5. The summed E-state index contributed by atoms with van der Waals surface area (Å²) >= 11 is 0. The third-order valence-corrected chi connectivity index (χ3v) is 2.42. The summed E-state index contributed by atoms with van der Waals surface area (Å²) in [6.45, 7) is -0.0233. The molecule has 2 rings (SSSR count). The van der Waals surface area contributed by atoms with E-state index in [1.165, 1.54) is 36.6 Å². The average molecular weight is 260 g/mol. The Hall–Kier alpha value is -2.76. The number of hydrogen-bond acceptors (Lipinski definition) is 6. The minimum Gasteiger partial charge on any atom is -0.545 e. The molecule has 19 heavy (non-hydrogen) atoms. The third kappa shape index (κ3) is 2.92. The average Bonchev–Trinajstić information content (AvgIpc) is 2.85. The van der Waals surface area contributed by atoms with E-state index in [9.17, 15) is 19.8 Å². The second-order valence-electron chi connectivity index (χ2n) is 3.66.